The van der Waals surface area contributed by atoms with E-state index in [-0.39, 0.29) is 49.5 Å². The van der Waals surface area contributed by atoms with Gasteiger partial charge in [0.1, 0.15) is 11.6 Å². The maximum atomic E-state index is 13.4. The molecule has 4 aromatic rings. The van der Waals surface area contributed by atoms with Crippen molar-refractivity contribution in [3.63, 3.8) is 0 Å². The van der Waals surface area contributed by atoms with Gasteiger partial charge in [0.15, 0.2) is 11.2 Å². The summed E-state index contributed by atoms with van der Waals surface area (Å²) in [6, 6.07) is 12.7. The van der Waals surface area contributed by atoms with Crippen molar-refractivity contribution in [2.45, 2.75) is 38.7 Å². The molecule has 0 aliphatic rings. The van der Waals surface area contributed by atoms with Gasteiger partial charge in [-0.25, -0.2) is 9.78 Å². The molecule has 0 bridgehead atoms. The minimum absolute atomic E-state index is 0.0470. The molecule has 2 heterocycles. The van der Waals surface area contributed by atoms with Crippen molar-refractivity contribution in [1.29, 1.82) is 0 Å². The Kier molecular flexibility index (Phi) is 7.74. The summed E-state index contributed by atoms with van der Waals surface area (Å²) in [7, 11) is 1.51. The Labute approximate surface area is 214 Å². The van der Waals surface area contributed by atoms with Crippen LogP contribution in [0.3, 0.4) is 0 Å². The van der Waals surface area contributed by atoms with Gasteiger partial charge < -0.3 is 14.4 Å². The molecule has 4 rings (SSSR count). The number of benzene rings is 2. The summed E-state index contributed by atoms with van der Waals surface area (Å²) in [5.41, 5.74) is 0.764. The van der Waals surface area contributed by atoms with Crippen LogP contribution in [0.2, 0.25) is 5.02 Å². The Balaban J connectivity index is 1.77. The Morgan fingerprint density at radius 1 is 1.03 bits per heavy atom. The number of nitrogens with zero attached hydrogens (tertiary/aromatic N) is 4. The van der Waals surface area contributed by atoms with E-state index in [0.717, 1.165) is 10.1 Å². The van der Waals surface area contributed by atoms with E-state index in [9.17, 15) is 27.9 Å². The summed E-state index contributed by atoms with van der Waals surface area (Å²) in [4.78, 5) is 30.8. The standard InChI is InChI=1S/C25H24ClF3N4O4/c1-31-22-21(23(35)32(24(31)36)12-3-13-34)33(15-17-6-9-18(26)10-7-17)20(30-22)11-8-16-4-2-5-19(14-16)37-25(27,28)29/h2,4-7,9-10,14,34H,3,8,11-13,15H2,1H3. The number of aromatic nitrogens is 4. The molecule has 0 atom stereocenters. The van der Waals surface area contributed by atoms with E-state index in [1.165, 1.54) is 29.8 Å². The third-order valence-electron chi connectivity index (χ3n) is 5.87. The average molecular weight is 537 g/mol. The highest BCUT2D eigenvalue weighted by atomic mass is 35.5. The average Bonchev–Trinajstić information content (AvgIpc) is 3.20. The number of hydrogen-bond acceptors (Lipinski definition) is 5. The van der Waals surface area contributed by atoms with E-state index in [1.54, 1.807) is 22.8 Å². The summed E-state index contributed by atoms with van der Waals surface area (Å²) in [5.74, 6) is 0.160. The lowest BCUT2D eigenvalue weighted by Gasteiger charge is -2.12. The van der Waals surface area contributed by atoms with Gasteiger partial charge in [0.2, 0.25) is 0 Å². The summed E-state index contributed by atoms with van der Waals surface area (Å²) in [6.45, 7) is 0.124. The zero-order valence-electron chi connectivity index (χ0n) is 19.8. The van der Waals surface area contributed by atoms with E-state index in [1.807, 2.05) is 12.1 Å². The summed E-state index contributed by atoms with van der Waals surface area (Å²) < 4.78 is 46.0. The van der Waals surface area contributed by atoms with Crippen LogP contribution in [0.25, 0.3) is 11.2 Å². The van der Waals surface area contributed by atoms with Gasteiger partial charge in [0.05, 0.1) is 0 Å². The van der Waals surface area contributed by atoms with Crippen LogP contribution in [0.1, 0.15) is 23.4 Å². The molecule has 0 amide bonds. The van der Waals surface area contributed by atoms with Crippen molar-refractivity contribution in [3.05, 3.63) is 91.3 Å². The minimum atomic E-state index is -4.80. The van der Waals surface area contributed by atoms with Gasteiger partial charge in [-0.05, 0) is 48.2 Å². The van der Waals surface area contributed by atoms with Crippen LogP contribution in [0.15, 0.2) is 58.1 Å². The first kappa shape index (κ1) is 26.5. The molecule has 0 fully saturated rings. The van der Waals surface area contributed by atoms with Gasteiger partial charge in [0, 0.05) is 38.2 Å². The number of hydrogen-bond donors (Lipinski definition) is 1. The van der Waals surface area contributed by atoms with Gasteiger partial charge in [0.25, 0.3) is 5.56 Å². The lowest BCUT2D eigenvalue weighted by Crippen LogP contribution is -2.40. The van der Waals surface area contributed by atoms with Crippen LogP contribution in [-0.4, -0.2) is 36.8 Å². The molecule has 0 saturated heterocycles. The highest BCUT2D eigenvalue weighted by molar-refractivity contribution is 6.30. The van der Waals surface area contributed by atoms with Gasteiger partial charge in [-0.15, -0.1) is 13.2 Å². The Bertz CT molecular complexity index is 1520. The van der Waals surface area contributed by atoms with Crippen molar-refractivity contribution in [2.75, 3.05) is 6.61 Å². The van der Waals surface area contributed by atoms with Crippen molar-refractivity contribution in [2.24, 2.45) is 7.05 Å². The van der Waals surface area contributed by atoms with Crippen LogP contribution in [0.5, 0.6) is 5.75 Å². The molecule has 0 radical (unpaired) electrons. The number of imidazole rings is 1. The zero-order valence-corrected chi connectivity index (χ0v) is 20.6. The van der Waals surface area contributed by atoms with E-state index in [4.69, 9.17) is 11.6 Å². The maximum absolute atomic E-state index is 13.4. The quantitative estimate of drug-likeness (QED) is 0.352. The molecule has 0 aliphatic heterocycles. The Morgan fingerprint density at radius 2 is 1.76 bits per heavy atom. The third-order valence-corrected chi connectivity index (χ3v) is 6.13. The van der Waals surface area contributed by atoms with Gasteiger partial charge in [-0.2, -0.15) is 0 Å². The molecule has 0 aliphatic carbocycles. The molecule has 37 heavy (non-hydrogen) atoms. The molecule has 8 nitrogen and oxygen atoms in total. The summed E-state index contributed by atoms with van der Waals surface area (Å²) in [6.07, 6.45) is -3.98. The monoisotopic (exact) mass is 536 g/mol. The molecular formula is C25H24ClF3N4O4. The van der Waals surface area contributed by atoms with E-state index >= 15 is 0 Å². The highest BCUT2D eigenvalue weighted by Crippen LogP contribution is 2.24. The highest BCUT2D eigenvalue weighted by Gasteiger charge is 2.31. The predicted octanol–water partition coefficient (Wildman–Crippen LogP) is 3.66. The fourth-order valence-corrected chi connectivity index (χ4v) is 4.26. The fraction of sp³-hybridized carbons (Fsp3) is 0.320. The van der Waals surface area contributed by atoms with E-state index < -0.39 is 17.6 Å². The fourth-order valence-electron chi connectivity index (χ4n) is 4.13. The van der Waals surface area contributed by atoms with Crippen LogP contribution in [-0.2, 0) is 33.0 Å². The van der Waals surface area contributed by atoms with Crippen LogP contribution < -0.4 is 16.0 Å². The molecule has 1 N–H and O–H groups in total. The second-order valence-corrected chi connectivity index (χ2v) is 8.92. The van der Waals surface area contributed by atoms with E-state index in [2.05, 4.69) is 9.72 Å². The minimum Gasteiger partial charge on any atom is -0.406 e. The number of rotatable bonds is 9. The normalized spacial score (nSPS) is 11.8. The molecule has 2 aromatic carbocycles. The maximum Gasteiger partial charge on any atom is 0.573 e. The molecule has 196 valence electrons. The first-order chi connectivity index (χ1) is 17.6. The van der Waals surface area contributed by atoms with Crippen LogP contribution in [0.4, 0.5) is 13.2 Å². The number of aryl methyl sites for hydroxylation is 3. The van der Waals surface area contributed by atoms with E-state index in [0.29, 0.717) is 22.8 Å². The van der Waals surface area contributed by atoms with Gasteiger partial charge in [-0.3, -0.25) is 13.9 Å². The number of fused-ring (bicyclic) bond motifs is 1. The summed E-state index contributed by atoms with van der Waals surface area (Å²) in [5, 5.41) is 9.75. The number of ether oxygens (including phenoxy) is 1. The Hall–Kier alpha value is -3.57. The molecule has 0 unspecified atom stereocenters. The van der Waals surface area contributed by atoms with Crippen molar-refractivity contribution >= 4 is 22.8 Å². The third kappa shape index (κ3) is 6.05. The smallest absolute Gasteiger partial charge is 0.406 e. The van der Waals surface area contributed by atoms with Crippen molar-refractivity contribution < 1.29 is 23.0 Å². The molecular weight excluding hydrogens is 513 g/mol. The second-order valence-electron chi connectivity index (χ2n) is 8.48. The number of alkyl halides is 3. The first-order valence-corrected chi connectivity index (χ1v) is 11.8. The van der Waals surface area contributed by atoms with Gasteiger partial charge >= 0.3 is 12.1 Å². The number of aliphatic hydroxyl groups excluding tert-OH is 1. The van der Waals surface area contributed by atoms with Crippen LogP contribution >= 0.6 is 11.6 Å². The van der Waals surface area contributed by atoms with Crippen molar-refractivity contribution in [3.8, 4) is 5.75 Å². The number of aliphatic hydroxyl groups is 1. The topological polar surface area (TPSA) is 91.3 Å². The summed E-state index contributed by atoms with van der Waals surface area (Å²) >= 11 is 6.01. The predicted molar refractivity (Wildman–Crippen MR) is 132 cm³/mol. The Morgan fingerprint density at radius 3 is 2.43 bits per heavy atom. The lowest BCUT2D eigenvalue weighted by molar-refractivity contribution is -0.274. The molecule has 0 saturated carbocycles. The second kappa shape index (κ2) is 10.8. The van der Waals surface area contributed by atoms with Gasteiger partial charge in [-0.1, -0.05) is 35.9 Å². The molecule has 12 heteroatoms. The number of halogens is 4. The largest absolute Gasteiger partial charge is 0.573 e. The lowest BCUT2D eigenvalue weighted by atomic mass is 10.1. The zero-order chi connectivity index (χ0) is 26.7. The molecule has 2 aromatic heterocycles. The molecule has 0 spiro atoms. The SMILES string of the molecule is Cn1c(=O)n(CCCO)c(=O)c2c1nc(CCc1cccc(OC(F)(F)F)c1)n2Cc1ccc(Cl)cc1. The first-order valence-electron chi connectivity index (χ1n) is 11.5. The van der Waals surface area contributed by atoms with Crippen molar-refractivity contribution in [1.82, 2.24) is 18.7 Å². The van der Waals surface area contributed by atoms with Crippen LogP contribution in [0, 0.1) is 0 Å².